The molecule has 1 N–H and O–H groups in total. The fourth-order valence-corrected chi connectivity index (χ4v) is 2.75. The van der Waals surface area contributed by atoms with E-state index >= 15 is 0 Å². The molecule has 0 unspecified atom stereocenters. The Hall–Kier alpha value is -1.29. The summed E-state index contributed by atoms with van der Waals surface area (Å²) in [5, 5.41) is 0. The second-order valence-electron chi connectivity index (χ2n) is 4.86. The third-order valence-corrected chi connectivity index (χ3v) is 3.87. The molecule has 19 heavy (non-hydrogen) atoms. The van der Waals surface area contributed by atoms with E-state index in [4.69, 9.17) is 7.01 Å². The molecule has 0 saturated heterocycles. The molecular formula is C15H16O3Ti. The van der Waals surface area contributed by atoms with Gasteiger partial charge < -0.3 is 0 Å². The summed E-state index contributed by atoms with van der Waals surface area (Å²) in [4.78, 5) is 0. The van der Waals surface area contributed by atoms with E-state index in [0.717, 1.165) is 11.1 Å². The summed E-state index contributed by atoms with van der Waals surface area (Å²) in [6.45, 7) is 4.15. The Morgan fingerprint density at radius 2 is 1.58 bits per heavy atom. The van der Waals surface area contributed by atoms with E-state index in [2.05, 4.69) is 13.8 Å². The fraction of sp³-hybridized carbons (Fsp3) is 0.200. The molecule has 0 aliphatic carbocycles. The van der Waals surface area contributed by atoms with Crippen molar-refractivity contribution in [3.05, 3.63) is 65.7 Å². The van der Waals surface area contributed by atoms with E-state index in [1.54, 1.807) is 12.1 Å². The summed E-state index contributed by atoms with van der Waals surface area (Å²) < 4.78 is 25.2. The van der Waals surface area contributed by atoms with Gasteiger partial charge in [-0.15, -0.1) is 0 Å². The van der Waals surface area contributed by atoms with Crippen LogP contribution in [0.4, 0.5) is 0 Å². The van der Waals surface area contributed by atoms with Crippen LogP contribution in [0.5, 0.6) is 5.75 Å². The van der Waals surface area contributed by atoms with Crippen LogP contribution in [0, 0.1) is 0 Å². The predicted molar refractivity (Wildman–Crippen MR) is 68.5 cm³/mol. The monoisotopic (exact) mass is 292 g/mol. The van der Waals surface area contributed by atoms with E-state index < -0.39 is 18.6 Å². The summed E-state index contributed by atoms with van der Waals surface area (Å²) in [6, 6.07) is 17.4. The van der Waals surface area contributed by atoms with Crippen LogP contribution < -0.4 is 3.32 Å². The first-order valence-corrected chi connectivity index (χ1v) is 8.05. The van der Waals surface area contributed by atoms with Crippen LogP contribution in [-0.4, -0.2) is 3.69 Å². The molecule has 0 bridgehead atoms. The van der Waals surface area contributed by atoms with Crippen LogP contribution in [0.3, 0.4) is 0 Å². The van der Waals surface area contributed by atoms with Crippen molar-refractivity contribution in [3.63, 3.8) is 0 Å². The molecule has 2 aromatic rings. The van der Waals surface area contributed by atoms with Gasteiger partial charge in [-0.3, -0.25) is 0 Å². The quantitative estimate of drug-likeness (QED) is 0.880. The molecule has 2 aromatic carbocycles. The zero-order chi connectivity index (χ0) is 13.9. The van der Waals surface area contributed by atoms with Crippen molar-refractivity contribution in [2.24, 2.45) is 0 Å². The van der Waals surface area contributed by atoms with Gasteiger partial charge in [-0.1, -0.05) is 0 Å². The zero-order valence-electron chi connectivity index (χ0n) is 11.0. The Balaban J connectivity index is 2.49. The summed E-state index contributed by atoms with van der Waals surface area (Å²) in [5.41, 5.74) is 1.76. The summed E-state index contributed by atoms with van der Waals surface area (Å²) in [7, 11) is 0. The summed E-state index contributed by atoms with van der Waals surface area (Å²) in [5.74, 6) is 0.490. The second kappa shape index (κ2) is 5.78. The van der Waals surface area contributed by atoms with Gasteiger partial charge in [0.25, 0.3) is 0 Å². The molecule has 0 saturated carbocycles. The van der Waals surface area contributed by atoms with Crippen LogP contribution in [-0.2, 0) is 27.4 Å². The van der Waals surface area contributed by atoms with E-state index in [0.29, 0.717) is 5.75 Å². The molecule has 0 fully saturated rings. The van der Waals surface area contributed by atoms with Crippen molar-refractivity contribution in [2.45, 2.75) is 19.3 Å². The summed E-state index contributed by atoms with van der Waals surface area (Å²) in [6.07, 6.45) is 0. The number of hydrogen-bond donors (Lipinski definition) is 1. The van der Waals surface area contributed by atoms with Crippen LogP contribution in [0.2, 0.25) is 0 Å². The molecule has 0 aromatic heterocycles. The average Bonchev–Trinajstić information content (AvgIpc) is 2.39. The zero-order valence-corrected chi connectivity index (χ0v) is 12.5. The molecule has 3 nitrogen and oxygen atoms in total. The molecule has 0 atom stereocenters. The molecule has 0 aliphatic heterocycles. The van der Waals surface area contributed by atoms with Crippen LogP contribution >= 0.6 is 0 Å². The predicted octanol–water partition coefficient (Wildman–Crippen LogP) is 3.18. The second-order valence-corrected chi connectivity index (χ2v) is 6.00. The van der Waals surface area contributed by atoms with Crippen LogP contribution in [0.15, 0.2) is 54.6 Å². The van der Waals surface area contributed by atoms with E-state index in [-0.39, 0.29) is 5.41 Å². The molecule has 4 heteroatoms. The molecule has 0 amide bonds. The number of rotatable bonds is 4. The molecule has 0 aliphatic rings. The Morgan fingerprint density at radius 3 is 2.21 bits per heavy atom. The van der Waals surface area contributed by atoms with Gasteiger partial charge in [0.15, 0.2) is 0 Å². The first-order chi connectivity index (χ1) is 9.01. The standard InChI is InChI=1S/C15H16O.H2O.O.Ti/c1-15(2,12-8-4-3-5-9-12)13-10-6-7-11-14(13)16;;;/h3-11,16H,1-2H3;1H2;;/q;;;+2/p-2. The number of para-hydroxylation sites is 1. The van der Waals surface area contributed by atoms with Crippen molar-refractivity contribution in [3.8, 4) is 5.75 Å². The average molecular weight is 292 g/mol. The Morgan fingerprint density at radius 1 is 1.00 bits per heavy atom. The summed E-state index contributed by atoms with van der Waals surface area (Å²) >= 11 is -3.60. The molecule has 2 rings (SSSR count). The molecule has 0 heterocycles. The Bertz CT molecular complexity index is 579. The van der Waals surface area contributed by atoms with Gasteiger partial charge in [0.2, 0.25) is 0 Å². The first kappa shape index (κ1) is 14.1. The third-order valence-electron chi connectivity index (χ3n) is 3.25. The molecule has 0 radical (unpaired) electrons. The molecular weight excluding hydrogens is 276 g/mol. The Labute approximate surface area is 120 Å². The maximum atomic E-state index is 11.0. The third kappa shape index (κ3) is 3.18. The molecule has 0 spiro atoms. The van der Waals surface area contributed by atoms with E-state index in [1.807, 2.05) is 42.5 Å². The number of benzene rings is 2. The van der Waals surface area contributed by atoms with Crippen molar-refractivity contribution >= 4 is 0 Å². The van der Waals surface area contributed by atoms with Crippen molar-refractivity contribution in [2.75, 3.05) is 0 Å². The van der Waals surface area contributed by atoms with Crippen molar-refractivity contribution in [1.82, 2.24) is 0 Å². The SMILES string of the molecule is CC(C)(c1ccccc1)c1ccccc1[O][Ti](=[O])[OH]. The van der Waals surface area contributed by atoms with Gasteiger partial charge in [0, 0.05) is 0 Å². The molecule has 98 valence electrons. The Kier molecular flexibility index (Phi) is 4.30. The normalized spacial score (nSPS) is 11.1. The first-order valence-electron chi connectivity index (χ1n) is 6.07. The van der Waals surface area contributed by atoms with Gasteiger partial charge >= 0.3 is 120 Å². The number of hydrogen-bond acceptors (Lipinski definition) is 2. The minimum absolute atomic E-state index is 0.286. The topological polar surface area (TPSA) is 46.5 Å². The van der Waals surface area contributed by atoms with Crippen LogP contribution in [0.1, 0.15) is 25.0 Å². The van der Waals surface area contributed by atoms with Crippen molar-refractivity contribution < 1.29 is 28.9 Å². The minimum atomic E-state index is -3.60. The van der Waals surface area contributed by atoms with Gasteiger partial charge in [0.05, 0.1) is 0 Å². The van der Waals surface area contributed by atoms with E-state index in [9.17, 15) is 3.32 Å². The van der Waals surface area contributed by atoms with Gasteiger partial charge in [-0.25, -0.2) is 0 Å². The van der Waals surface area contributed by atoms with Crippen molar-refractivity contribution in [1.29, 1.82) is 0 Å². The van der Waals surface area contributed by atoms with E-state index in [1.165, 1.54) is 0 Å². The van der Waals surface area contributed by atoms with Gasteiger partial charge in [-0.2, -0.15) is 0 Å². The fourth-order valence-electron chi connectivity index (χ4n) is 2.18. The van der Waals surface area contributed by atoms with Crippen LogP contribution in [0.25, 0.3) is 0 Å². The van der Waals surface area contributed by atoms with Gasteiger partial charge in [0.1, 0.15) is 0 Å². The van der Waals surface area contributed by atoms with Gasteiger partial charge in [-0.05, 0) is 0 Å². The maximum absolute atomic E-state index is 11.0.